The van der Waals surface area contributed by atoms with Crippen LogP contribution in [0.5, 0.6) is 5.75 Å². The third-order valence-corrected chi connectivity index (χ3v) is 6.83. The minimum atomic E-state index is -3.44. The van der Waals surface area contributed by atoms with Crippen molar-refractivity contribution >= 4 is 33.4 Å². The number of likely N-dealkylation sites (tertiary alicyclic amines) is 1. The predicted octanol–water partition coefficient (Wildman–Crippen LogP) is 1.13. The molecule has 0 atom stereocenters. The fraction of sp³-hybridized carbons (Fsp3) is 0.619. The van der Waals surface area contributed by atoms with E-state index in [1.165, 1.54) is 0 Å². The molecule has 0 unspecified atom stereocenters. The summed E-state index contributed by atoms with van der Waals surface area (Å²) in [6.45, 7) is 3.18. The average Bonchev–Trinajstić information content (AvgIpc) is 2.78. The van der Waals surface area contributed by atoms with E-state index in [-0.39, 0.29) is 18.4 Å². The van der Waals surface area contributed by atoms with E-state index in [2.05, 4.69) is 4.72 Å². The van der Waals surface area contributed by atoms with E-state index in [0.29, 0.717) is 76.0 Å². The molecule has 1 aromatic carbocycles. The molecule has 9 nitrogen and oxygen atoms in total. The van der Waals surface area contributed by atoms with Crippen LogP contribution >= 0.6 is 11.6 Å². The molecule has 0 aromatic heterocycles. The van der Waals surface area contributed by atoms with Crippen LogP contribution < -0.4 is 9.46 Å². The standard InChI is InChI=1S/C21H30ClN3O6S/c1-32(28,29)23-15-20(27)24-8-6-21(7-9-24,14-19(26)25-10-12-30-13-11-25)16-31-18-4-2-17(22)3-5-18/h2-5,23H,6-16H2,1H3. The lowest BCUT2D eigenvalue weighted by molar-refractivity contribution is -0.140. The molecule has 2 aliphatic heterocycles. The summed E-state index contributed by atoms with van der Waals surface area (Å²) >= 11 is 5.95. The zero-order chi connectivity index (χ0) is 23.2. The second-order valence-electron chi connectivity index (χ2n) is 8.39. The molecule has 0 saturated carbocycles. The van der Waals surface area contributed by atoms with E-state index in [1.807, 2.05) is 4.90 Å². The van der Waals surface area contributed by atoms with Crippen molar-refractivity contribution < 1.29 is 27.5 Å². The van der Waals surface area contributed by atoms with Crippen molar-refractivity contribution in [3.63, 3.8) is 0 Å². The van der Waals surface area contributed by atoms with E-state index in [0.717, 1.165) is 6.26 Å². The topological polar surface area (TPSA) is 105 Å². The summed E-state index contributed by atoms with van der Waals surface area (Å²) in [5.74, 6) is 0.456. The Hall–Kier alpha value is -1.88. The molecular formula is C21H30ClN3O6S. The smallest absolute Gasteiger partial charge is 0.237 e. The normalized spacial score (nSPS) is 18.9. The number of morpholine rings is 1. The molecule has 0 spiro atoms. The minimum absolute atomic E-state index is 0.0616. The number of hydrogen-bond acceptors (Lipinski definition) is 6. The first-order valence-corrected chi connectivity index (χ1v) is 12.9. The van der Waals surface area contributed by atoms with Crippen molar-refractivity contribution in [2.24, 2.45) is 5.41 Å². The summed E-state index contributed by atoms with van der Waals surface area (Å²) in [6.07, 6.45) is 2.51. The van der Waals surface area contributed by atoms with Gasteiger partial charge in [-0.1, -0.05) is 11.6 Å². The van der Waals surface area contributed by atoms with Crippen LogP contribution in [0.3, 0.4) is 0 Å². The van der Waals surface area contributed by atoms with Crippen LogP contribution in [-0.4, -0.2) is 88.8 Å². The highest BCUT2D eigenvalue weighted by Crippen LogP contribution is 2.37. The molecule has 2 fully saturated rings. The number of ether oxygens (including phenoxy) is 2. The van der Waals surface area contributed by atoms with Crippen molar-refractivity contribution in [3.05, 3.63) is 29.3 Å². The number of carbonyl (C=O) groups excluding carboxylic acids is 2. The minimum Gasteiger partial charge on any atom is -0.493 e. The van der Waals surface area contributed by atoms with Crippen molar-refractivity contribution in [1.29, 1.82) is 0 Å². The summed E-state index contributed by atoms with van der Waals surface area (Å²) in [5.41, 5.74) is -0.421. The van der Waals surface area contributed by atoms with Gasteiger partial charge in [-0.05, 0) is 37.1 Å². The Balaban J connectivity index is 1.64. The van der Waals surface area contributed by atoms with Crippen LogP contribution in [0.4, 0.5) is 0 Å². The van der Waals surface area contributed by atoms with E-state index in [9.17, 15) is 18.0 Å². The highest BCUT2D eigenvalue weighted by atomic mass is 35.5. The van der Waals surface area contributed by atoms with Gasteiger partial charge in [-0.2, -0.15) is 0 Å². The van der Waals surface area contributed by atoms with Crippen molar-refractivity contribution in [1.82, 2.24) is 14.5 Å². The second-order valence-corrected chi connectivity index (χ2v) is 10.7. The highest BCUT2D eigenvalue weighted by molar-refractivity contribution is 7.88. The quantitative estimate of drug-likeness (QED) is 0.589. The first-order chi connectivity index (χ1) is 15.2. The van der Waals surface area contributed by atoms with Gasteiger partial charge >= 0.3 is 0 Å². The SMILES string of the molecule is CS(=O)(=O)NCC(=O)N1CCC(COc2ccc(Cl)cc2)(CC(=O)N2CCOCC2)CC1. The lowest BCUT2D eigenvalue weighted by atomic mass is 9.75. The lowest BCUT2D eigenvalue weighted by Gasteiger charge is -2.42. The molecular weight excluding hydrogens is 458 g/mol. The fourth-order valence-electron chi connectivity index (χ4n) is 3.92. The van der Waals surface area contributed by atoms with Crippen LogP contribution in [0.2, 0.25) is 5.02 Å². The third-order valence-electron chi connectivity index (χ3n) is 5.91. The number of halogens is 1. The van der Waals surface area contributed by atoms with Gasteiger partial charge in [0.25, 0.3) is 0 Å². The van der Waals surface area contributed by atoms with Gasteiger partial charge in [-0.15, -0.1) is 0 Å². The van der Waals surface area contributed by atoms with E-state index < -0.39 is 15.4 Å². The molecule has 178 valence electrons. The molecule has 1 aromatic rings. The van der Waals surface area contributed by atoms with Crippen LogP contribution in [0.25, 0.3) is 0 Å². The zero-order valence-electron chi connectivity index (χ0n) is 18.2. The predicted molar refractivity (Wildman–Crippen MR) is 120 cm³/mol. The number of benzene rings is 1. The number of rotatable bonds is 8. The maximum Gasteiger partial charge on any atom is 0.237 e. The maximum atomic E-state index is 13.0. The first kappa shape index (κ1) is 24.8. The molecule has 2 aliphatic rings. The van der Waals surface area contributed by atoms with Gasteiger partial charge in [-0.3, -0.25) is 9.59 Å². The zero-order valence-corrected chi connectivity index (χ0v) is 19.8. The van der Waals surface area contributed by atoms with E-state index >= 15 is 0 Å². The molecule has 2 saturated heterocycles. The monoisotopic (exact) mass is 487 g/mol. The third kappa shape index (κ3) is 7.33. The van der Waals surface area contributed by atoms with Crippen LogP contribution in [-0.2, 0) is 24.3 Å². The summed E-state index contributed by atoms with van der Waals surface area (Å²) in [7, 11) is -3.44. The van der Waals surface area contributed by atoms with Gasteiger partial charge in [0, 0.05) is 43.0 Å². The number of nitrogens with zero attached hydrogens (tertiary/aromatic N) is 2. The molecule has 0 radical (unpaired) electrons. The molecule has 32 heavy (non-hydrogen) atoms. The average molecular weight is 488 g/mol. The van der Waals surface area contributed by atoms with Gasteiger partial charge in [0.15, 0.2) is 0 Å². The Morgan fingerprint density at radius 1 is 1.06 bits per heavy atom. The molecule has 1 N–H and O–H groups in total. The Morgan fingerprint density at radius 3 is 2.25 bits per heavy atom. The summed E-state index contributed by atoms with van der Waals surface area (Å²) in [5, 5.41) is 0.615. The van der Waals surface area contributed by atoms with Crippen molar-refractivity contribution in [2.45, 2.75) is 19.3 Å². The van der Waals surface area contributed by atoms with E-state index in [4.69, 9.17) is 21.1 Å². The van der Waals surface area contributed by atoms with Crippen molar-refractivity contribution in [3.8, 4) is 5.75 Å². The molecule has 11 heteroatoms. The number of nitrogens with one attached hydrogen (secondary N) is 1. The van der Waals surface area contributed by atoms with Gasteiger partial charge in [0.2, 0.25) is 21.8 Å². The van der Waals surface area contributed by atoms with Gasteiger partial charge in [0.1, 0.15) is 5.75 Å². The second kappa shape index (κ2) is 10.8. The number of carbonyl (C=O) groups is 2. The highest BCUT2D eigenvalue weighted by Gasteiger charge is 2.40. The Morgan fingerprint density at radius 2 is 1.66 bits per heavy atom. The van der Waals surface area contributed by atoms with E-state index in [1.54, 1.807) is 29.2 Å². The summed E-state index contributed by atoms with van der Waals surface area (Å²) < 4.78 is 36.2. The fourth-order valence-corrected chi connectivity index (χ4v) is 4.43. The summed E-state index contributed by atoms with van der Waals surface area (Å²) in [4.78, 5) is 28.9. The number of piperidine rings is 1. The van der Waals surface area contributed by atoms with Crippen LogP contribution in [0.1, 0.15) is 19.3 Å². The largest absolute Gasteiger partial charge is 0.493 e. The van der Waals surface area contributed by atoms with Crippen molar-refractivity contribution in [2.75, 3.05) is 58.8 Å². The Labute approximate surface area is 194 Å². The van der Waals surface area contributed by atoms with Crippen LogP contribution in [0, 0.1) is 5.41 Å². The number of hydrogen-bond donors (Lipinski definition) is 1. The molecule has 0 bridgehead atoms. The Kier molecular flexibility index (Phi) is 8.37. The molecule has 0 aliphatic carbocycles. The van der Waals surface area contributed by atoms with Gasteiger partial charge in [0.05, 0.1) is 32.6 Å². The molecule has 2 heterocycles. The number of amides is 2. The summed E-state index contributed by atoms with van der Waals surface area (Å²) in [6, 6.07) is 7.07. The molecule has 3 rings (SSSR count). The van der Waals surface area contributed by atoms with Gasteiger partial charge < -0.3 is 19.3 Å². The maximum absolute atomic E-state index is 13.0. The first-order valence-electron chi connectivity index (χ1n) is 10.6. The number of sulfonamides is 1. The van der Waals surface area contributed by atoms with Gasteiger partial charge in [-0.25, -0.2) is 13.1 Å². The van der Waals surface area contributed by atoms with Crippen LogP contribution in [0.15, 0.2) is 24.3 Å². The molecule has 2 amide bonds. The lowest BCUT2D eigenvalue weighted by Crippen LogP contribution is -2.50. The Bertz CT molecular complexity index is 895.